The van der Waals surface area contributed by atoms with Crippen LogP contribution in [0, 0.1) is 6.92 Å². The minimum absolute atomic E-state index is 0.0491. The van der Waals surface area contributed by atoms with Crippen molar-refractivity contribution in [2.45, 2.75) is 11.8 Å². The zero-order chi connectivity index (χ0) is 20.9. The van der Waals surface area contributed by atoms with Gasteiger partial charge in [0.05, 0.1) is 22.5 Å². The van der Waals surface area contributed by atoms with Gasteiger partial charge in [-0.15, -0.1) is 0 Å². The summed E-state index contributed by atoms with van der Waals surface area (Å²) in [6, 6.07) is 7.84. The van der Waals surface area contributed by atoms with Crippen molar-refractivity contribution in [1.29, 1.82) is 0 Å². The van der Waals surface area contributed by atoms with Crippen LogP contribution in [-0.4, -0.2) is 32.1 Å². The number of nitrogens with zero attached hydrogens (tertiary/aromatic N) is 4. The topological polar surface area (TPSA) is 133 Å². The van der Waals surface area contributed by atoms with Gasteiger partial charge in [0.25, 0.3) is 0 Å². The second-order valence-corrected chi connectivity index (χ2v) is 9.48. The van der Waals surface area contributed by atoms with Crippen molar-refractivity contribution in [3.63, 3.8) is 0 Å². The summed E-state index contributed by atoms with van der Waals surface area (Å²) in [5.74, 6) is 1.28. The molecule has 0 amide bonds. The Kier molecular flexibility index (Phi) is 7.49. The SMILES string of the molecule is Cc1ncc(-c2ccnc(Nc3ccc(S(N)(=O)=O)cc3)n2)n1C.O=S(Cl)Cl. The van der Waals surface area contributed by atoms with Crippen LogP contribution >= 0.6 is 21.4 Å². The molecule has 1 aromatic carbocycles. The van der Waals surface area contributed by atoms with E-state index in [0.29, 0.717) is 11.6 Å². The molecule has 0 bridgehead atoms. The minimum Gasteiger partial charge on any atom is -0.330 e. The number of rotatable bonds is 4. The lowest BCUT2D eigenvalue weighted by atomic mass is 10.3. The lowest BCUT2D eigenvalue weighted by molar-refractivity contribution is 0.598. The van der Waals surface area contributed by atoms with E-state index in [0.717, 1.165) is 17.2 Å². The number of sulfonamides is 1. The first-order valence-electron chi connectivity index (χ1n) is 7.54. The fraction of sp³-hybridized carbons (Fsp3) is 0.133. The molecule has 0 saturated carbocycles. The molecule has 9 nitrogen and oxygen atoms in total. The van der Waals surface area contributed by atoms with Crippen LogP contribution in [0.25, 0.3) is 11.4 Å². The molecule has 2 heterocycles. The molecule has 0 fully saturated rings. The van der Waals surface area contributed by atoms with Crippen LogP contribution in [0.5, 0.6) is 0 Å². The van der Waals surface area contributed by atoms with Gasteiger partial charge in [0.2, 0.25) is 25.2 Å². The number of benzene rings is 1. The Labute approximate surface area is 173 Å². The van der Waals surface area contributed by atoms with E-state index in [1.54, 1.807) is 30.6 Å². The Morgan fingerprint density at radius 3 is 2.25 bits per heavy atom. The Morgan fingerprint density at radius 2 is 1.75 bits per heavy atom. The van der Waals surface area contributed by atoms with E-state index >= 15 is 0 Å². The third kappa shape index (κ3) is 6.24. The van der Waals surface area contributed by atoms with Crippen LogP contribution in [0.1, 0.15) is 5.82 Å². The maximum atomic E-state index is 11.3. The van der Waals surface area contributed by atoms with E-state index < -0.39 is 19.2 Å². The van der Waals surface area contributed by atoms with Gasteiger partial charge in [-0.25, -0.2) is 32.7 Å². The van der Waals surface area contributed by atoms with Crippen molar-refractivity contribution in [2.24, 2.45) is 12.2 Å². The summed E-state index contributed by atoms with van der Waals surface area (Å²) in [6.45, 7) is 1.91. The number of primary sulfonamides is 1. The quantitative estimate of drug-likeness (QED) is 0.569. The summed E-state index contributed by atoms with van der Waals surface area (Å²) >= 11 is 0. The molecule has 0 saturated heterocycles. The molecule has 3 aromatic rings. The Morgan fingerprint density at radius 1 is 1.14 bits per heavy atom. The molecular formula is C15H16Cl2N6O3S2. The minimum atomic E-state index is -3.71. The number of hydrogen-bond donors (Lipinski definition) is 2. The highest BCUT2D eigenvalue weighted by molar-refractivity contribution is 8.26. The van der Waals surface area contributed by atoms with Crippen molar-refractivity contribution in [1.82, 2.24) is 19.5 Å². The maximum Gasteiger partial charge on any atom is 0.238 e. The molecule has 3 rings (SSSR count). The molecule has 0 unspecified atom stereocenters. The fourth-order valence-electron chi connectivity index (χ4n) is 2.16. The van der Waals surface area contributed by atoms with Crippen molar-refractivity contribution in [3.8, 4) is 11.4 Å². The Hall–Kier alpha value is -2.05. The monoisotopic (exact) mass is 462 g/mol. The van der Waals surface area contributed by atoms with E-state index in [1.165, 1.54) is 12.1 Å². The van der Waals surface area contributed by atoms with Gasteiger partial charge in [0.15, 0.2) is 0 Å². The number of aryl methyl sites for hydroxylation is 1. The molecule has 0 aliphatic heterocycles. The predicted molar refractivity (Wildman–Crippen MR) is 110 cm³/mol. The van der Waals surface area contributed by atoms with Gasteiger partial charge in [0.1, 0.15) is 5.82 Å². The Bertz CT molecular complexity index is 1080. The number of anilines is 2. The molecule has 28 heavy (non-hydrogen) atoms. The normalized spacial score (nSPS) is 11.1. The van der Waals surface area contributed by atoms with Gasteiger partial charge in [-0.2, -0.15) is 0 Å². The van der Waals surface area contributed by atoms with Crippen molar-refractivity contribution in [3.05, 3.63) is 48.5 Å². The van der Waals surface area contributed by atoms with Crippen molar-refractivity contribution < 1.29 is 12.6 Å². The molecule has 3 N–H and O–H groups in total. The molecule has 2 aromatic heterocycles. The van der Waals surface area contributed by atoms with Crippen LogP contribution in [0.15, 0.2) is 47.6 Å². The molecule has 0 aliphatic carbocycles. The first kappa shape index (κ1) is 22.2. The summed E-state index contributed by atoms with van der Waals surface area (Å²) in [7, 11) is 5.57. The van der Waals surface area contributed by atoms with Crippen molar-refractivity contribution >= 4 is 52.3 Å². The van der Waals surface area contributed by atoms with Gasteiger partial charge in [-0.1, -0.05) is 0 Å². The van der Waals surface area contributed by atoms with Gasteiger partial charge in [-0.05, 0) is 37.3 Å². The highest BCUT2D eigenvalue weighted by atomic mass is 36.0. The van der Waals surface area contributed by atoms with Gasteiger partial charge < -0.3 is 9.88 Å². The third-order valence-corrected chi connectivity index (χ3v) is 4.51. The number of halogens is 2. The third-order valence-electron chi connectivity index (χ3n) is 3.58. The smallest absolute Gasteiger partial charge is 0.238 e. The largest absolute Gasteiger partial charge is 0.330 e. The highest BCUT2D eigenvalue weighted by Crippen LogP contribution is 2.20. The molecule has 0 atom stereocenters. The van der Waals surface area contributed by atoms with Crippen LogP contribution < -0.4 is 10.5 Å². The average molecular weight is 463 g/mol. The Balaban J connectivity index is 0.000000640. The average Bonchev–Trinajstić information content (AvgIpc) is 2.94. The van der Waals surface area contributed by atoms with Crippen molar-refractivity contribution in [2.75, 3.05) is 5.32 Å². The maximum absolute atomic E-state index is 11.3. The first-order chi connectivity index (χ1) is 13.1. The van der Waals surface area contributed by atoms with Crippen LogP contribution in [0.4, 0.5) is 11.6 Å². The van der Waals surface area contributed by atoms with E-state index in [9.17, 15) is 8.42 Å². The first-order valence-corrected chi connectivity index (χ1v) is 11.9. The van der Waals surface area contributed by atoms with Crippen LogP contribution in [0.3, 0.4) is 0 Å². The number of nitrogens with one attached hydrogen (secondary N) is 1. The number of imidazole rings is 1. The summed E-state index contributed by atoms with van der Waals surface area (Å²) in [5, 5.41) is 8.11. The standard InChI is InChI=1S/C15H16N6O2S.Cl2OS/c1-10-18-9-14(21(10)2)13-7-8-17-15(20-13)19-11-3-5-12(6-4-11)24(16,22)23;1-4(2)3/h3-9H,1-2H3,(H2,16,22,23)(H,17,19,20);. The van der Waals surface area contributed by atoms with E-state index in [4.69, 9.17) is 9.35 Å². The number of hydrogen-bond acceptors (Lipinski definition) is 7. The van der Waals surface area contributed by atoms with Crippen LogP contribution in [-0.2, 0) is 26.3 Å². The summed E-state index contributed by atoms with van der Waals surface area (Å²) < 4.78 is 33.5. The molecule has 0 radical (unpaired) electrons. The molecule has 0 aliphatic rings. The fourth-order valence-corrected chi connectivity index (χ4v) is 2.67. The zero-order valence-electron chi connectivity index (χ0n) is 14.7. The molecule has 0 spiro atoms. The van der Waals surface area contributed by atoms with E-state index in [1.807, 2.05) is 18.5 Å². The molecular weight excluding hydrogens is 447 g/mol. The zero-order valence-corrected chi connectivity index (χ0v) is 17.8. The highest BCUT2D eigenvalue weighted by Gasteiger charge is 2.10. The lowest BCUT2D eigenvalue weighted by Gasteiger charge is -2.08. The van der Waals surface area contributed by atoms with Gasteiger partial charge in [0, 0.05) is 40.3 Å². The lowest BCUT2D eigenvalue weighted by Crippen LogP contribution is -2.11. The second kappa shape index (κ2) is 9.43. The summed E-state index contributed by atoms with van der Waals surface area (Å²) in [5.41, 5.74) is 2.26. The summed E-state index contributed by atoms with van der Waals surface area (Å²) in [4.78, 5) is 12.9. The molecule has 13 heteroatoms. The van der Waals surface area contributed by atoms with Gasteiger partial charge >= 0.3 is 0 Å². The van der Waals surface area contributed by atoms with Crippen LogP contribution in [0.2, 0.25) is 0 Å². The number of aromatic nitrogens is 4. The van der Waals surface area contributed by atoms with Gasteiger partial charge in [-0.3, -0.25) is 0 Å². The predicted octanol–water partition coefficient (Wildman–Crippen LogP) is 2.62. The number of nitrogens with two attached hydrogens (primary N) is 1. The summed E-state index contributed by atoms with van der Waals surface area (Å²) in [6.07, 6.45) is 3.40. The van der Waals surface area contributed by atoms with E-state index in [2.05, 4.69) is 41.6 Å². The molecule has 150 valence electrons. The second-order valence-electron chi connectivity index (χ2n) is 5.39. The van der Waals surface area contributed by atoms with E-state index in [-0.39, 0.29) is 4.90 Å².